The number of nitrogens with zero attached hydrogens (tertiary/aromatic N) is 1. The molecule has 0 spiro atoms. The summed E-state index contributed by atoms with van der Waals surface area (Å²) in [6.45, 7) is 19.1. The van der Waals surface area contributed by atoms with Gasteiger partial charge in [0.25, 0.3) is 0 Å². The van der Waals surface area contributed by atoms with E-state index in [0.29, 0.717) is 37.3 Å². The van der Waals surface area contributed by atoms with E-state index in [2.05, 4.69) is 50.4 Å². The standard InChI is InChI=1S/C42H71N9O6/c1-11-27(7)37(40(55)48-32(18-25(3)4)30(43)12-2)51-36(52)22-31(44)33(19-26(5)6)47-39(54)35(21-29-23-45-24-46-29)49-38(53)34(20-28-16-14-13-15-17-28)50-41(56)57-42(8,9)10/h13-17,23-27,30-35,37H,11-12,18-22,43-44H2,1-10H3,(H,45,46)(H,47,54)(H,48,55)(H,49,53)(H,50,56)(H,51,52)/t27-,30-,31-,32-,33-,34-,35-,37-/m0/s1. The number of H-pyrrole nitrogens is 1. The minimum atomic E-state index is -1.12. The molecule has 57 heavy (non-hydrogen) atoms. The van der Waals surface area contributed by atoms with E-state index in [9.17, 15) is 24.0 Å². The van der Waals surface area contributed by atoms with Crippen LogP contribution in [0.4, 0.5) is 4.79 Å². The quantitative estimate of drug-likeness (QED) is 0.0819. The number of aromatic nitrogens is 2. The van der Waals surface area contributed by atoms with E-state index in [1.54, 1.807) is 27.0 Å². The maximum atomic E-state index is 14.1. The average Bonchev–Trinajstić information content (AvgIpc) is 3.64. The van der Waals surface area contributed by atoms with Gasteiger partial charge in [-0.15, -0.1) is 0 Å². The summed E-state index contributed by atoms with van der Waals surface area (Å²) < 4.78 is 5.44. The van der Waals surface area contributed by atoms with Crippen molar-refractivity contribution < 1.29 is 28.7 Å². The molecule has 15 heteroatoms. The molecule has 0 aliphatic rings. The van der Waals surface area contributed by atoms with Gasteiger partial charge in [0.05, 0.1) is 12.0 Å². The lowest BCUT2D eigenvalue weighted by Crippen LogP contribution is -2.59. The zero-order valence-electron chi connectivity index (χ0n) is 35.8. The summed E-state index contributed by atoms with van der Waals surface area (Å²) >= 11 is 0. The van der Waals surface area contributed by atoms with Crippen molar-refractivity contribution in [3.63, 3.8) is 0 Å². The number of ether oxygens (including phenoxy) is 1. The number of imidazole rings is 1. The largest absolute Gasteiger partial charge is 0.444 e. The lowest BCUT2D eigenvalue weighted by atomic mass is 9.93. The minimum Gasteiger partial charge on any atom is -0.444 e. The van der Waals surface area contributed by atoms with Crippen LogP contribution in [0.15, 0.2) is 42.9 Å². The van der Waals surface area contributed by atoms with Crippen LogP contribution in [0.2, 0.25) is 0 Å². The van der Waals surface area contributed by atoms with Gasteiger partial charge in [-0.05, 0) is 63.4 Å². The molecule has 0 radical (unpaired) electrons. The van der Waals surface area contributed by atoms with Gasteiger partial charge >= 0.3 is 6.09 Å². The van der Waals surface area contributed by atoms with Crippen molar-refractivity contribution in [3.8, 4) is 0 Å². The van der Waals surface area contributed by atoms with Crippen molar-refractivity contribution in [2.75, 3.05) is 0 Å². The molecule has 15 nitrogen and oxygen atoms in total. The lowest BCUT2D eigenvalue weighted by molar-refractivity contribution is -0.131. The fourth-order valence-corrected chi connectivity index (χ4v) is 6.43. The summed E-state index contributed by atoms with van der Waals surface area (Å²) in [6, 6.07) is 4.20. The second-order valence-corrected chi connectivity index (χ2v) is 17.1. The predicted octanol–water partition coefficient (Wildman–Crippen LogP) is 3.62. The van der Waals surface area contributed by atoms with Gasteiger partial charge in [0.15, 0.2) is 0 Å². The highest BCUT2D eigenvalue weighted by atomic mass is 16.6. The monoisotopic (exact) mass is 798 g/mol. The molecule has 1 heterocycles. The first kappa shape index (κ1) is 48.6. The zero-order valence-corrected chi connectivity index (χ0v) is 35.8. The van der Waals surface area contributed by atoms with Gasteiger partial charge < -0.3 is 47.8 Å². The van der Waals surface area contributed by atoms with Crippen molar-refractivity contribution in [2.24, 2.45) is 29.2 Å². The SMILES string of the molecule is CC[C@H](C)[C@H](NC(=O)C[C@H](N)[C@H](CC(C)C)NC(=O)[C@H](Cc1c[nH]cn1)NC(=O)[C@H](Cc1ccccc1)NC(=O)OC(C)(C)C)C(=O)N[C@@H](CC(C)C)[C@@H](N)CC. The molecule has 0 bridgehead atoms. The molecule has 2 aromatic rings. The number of carbonyl (C=O) groups is 5. The van der Waals surface area contributed by atoms with Crippen molar-refractivity contribution in [3.05, 3.63) is 54.1 Å². The van der Waals surface area contributed by atoms with Gasteiger partial charge in [-0.1, -0.05) is 85.2 Å². The molecule has 320 valence electrons. The molecule has 0 aliphatic carbocycles. The summed E-state index contributed by atoms with van der Waals surface area (Å²) in [5.41, 5.74) is 13.6. The van der Waals surface area contributed by atoms with Gasteiger partial charge in [-0.3, -0.25) is 19.2 Å². The summed E-state index contributed by atoms with van der Waals surface area (Å²) in [4.78, 5) is 75.3. The van der Waals surface area contributed by atoms with E-state index in [0.717, 1.165) is 5.56 Å². The van der Waals surface area contributed by atoms with Crippen LogP contribution in [0.25, 0.3) is 0 Å². The maximum Gasteiger partial charge on any atom is 0.408 e. The maximum absolute atomic E-state index is 14.1. The fourth-order valence-electron chi connectivity index (χ4n) is 6.43. The number of alkyl carbamates (subject to hydrolysis) is 1. The van der Waals surface area contributed by atoms with Crippen LogP contribution in [-0.2, 0) is 36.8 Å². The third-order valence-electron chi connectivity index (χ3n) is 9.74. The van der Waals surface area contributed by atoms with Crippen molar-refractivity contribution in [1.82, 2.24) is 36.6 Å². The first-order valence-corrected chi connectivity index (χ1v) is 20.4. The van der Waals surface area contributed by atoms with E-state index in [1.807, 2.05) is 65.0 Å². The number of nitrogens with one attached hydrogen (secondary N) is 6. The van der Waals surface area contributed by atoms with Gasteiger partial charge in [0, 0.05) is 49.6 Å². The Labute approximate surface area is 339 Å². The number of hydrogen-bond acceptors (Lipinski definition) is 9. The van der Waals surface area contributed by atoms with E-state index in [4.69, 9.17) is 16.2 Å². The molecule has 8 atom stereocenters. The van der Waals surface area contributed by atoms with Crippen molar-refractivity contribution >= 4 is 29.7 Å². The molecular weight excluding hydrogens is 727 g/mol. The molecule has 10 N–H and O–H groups in total. The molecule has 0 aliphatic heterocycles. The first-order chi connectivity index (χ1) is 26.7. The van der Waals surface area contributed by atoms with Crippen LogP contribution in [-0.4, -0.2) is 87.6 Å². The zero-order chi connectivity index (χ0) is 42.9. The van der Waals surface area contributed by atoms with Gasteiger partial charge in [-0.2, -0.15) is 0 Å². The highest BCUT2D eigenvalue weighted by Crippen LogP contribution is 2.16. The second-order valence-electron chi connectivity index (χ2n) is 17.1. The van der Waals surface area contributed by atoms with E-state index < -0.39 is 59.6 Å². The third-order valence-corrected chi connectivity index (χ3v) is 9.74. The summed E-state index contributed by atoms with van der Waals surface area (Å²) in [6.07, 6.45) is 4.80. The van der Waals surface area contributed by atoms with Crippen LogP contribution in [0.3, 0.4) is 0 Å². The topological polar surface area (TPSA) is 235 Å². The van der Waals surface area contributed by atoms with Crippen LogP contribution in [0.1, 0.15) is 113 Å². The molecule has 2 rings (SSSR count). The average molecular weight is 798 g/mol. The van der Waals surface area contributed by atoms with Crippen LogP contribution in [0, 0.1) is 17.8 Å². The Balaban J connectivity index is 2.30. The molecular formula is C42H71N9O6. The number of nitrogens with two attached hydrogens (primary N) is 2. The second kappa shape index (κ2) is 23.7. The van der Waals surface area contributed by atoms with E-state index >= 15 is 0 Å². The first-order valence-electron chi connectivity index (χ1n) is 20.4. The third kappa shape index (κ3) is 18.1. The van der Waals surface area contributed by atoms with Crippen LogP contribution in [0.5, 0.6) is 0 Å². The smallest absolute Gasteiger partial charge is 0.408 e. The molecule has 0 fully saturated rings. The normalized spacial score (nSPS) is 16.0. The van der Waals surface area contributed by atoms with Crippen molar-refractivity contribution in [1.29, 1.82) is 0 Å². The van der Waals surface area contributed by atoms with Crippen LogP contribution >= 0.6 is 0 Å². The fraction of sp³-hybridized carbons (Fsp3) is 0.667. The molecule has 1 aromatic carbocycles. The number of hydrogen-bond donors (Lipinski definition) is 8. The Bertz CT molecular complexity index is 1530. The Hall–Kier alpha value is -4.50. The molecule has 0 unspecified atom stereocenters. The number of carbonyl (C=O) groups excluding carboxylic acids is 5. The highest BCUT2D eigenvalue weighted by Gasteiger charge is 2.34. The predicted molar refractivity (Wildman–Crippen MR) is 223 cm³/mol. The van der Waals surface area contributed by atoms with Gasteiger partial charge in [0.2, 0.25) is 23.6 Å². The minimum absolute atomic E-state index is 0.0287. The number of rotatable bonds is 23. The van der Waals surface area contributed by atoms with E-state index in [-0.39, 0.29) is 49.1 Å². The summed E-state index contributed by atoms with van der Waals surface area (Å²) in [7, 11) is 0. The Kier molecular flexibility index (Phi) is 20.2. The van der Waals surface area contributed by atoms with Crippen molar-refractivity contribution in [2.45, 2.75) is 162 Å². The molecule has 1 aromatic heterocycles. The number of benzene rings is 1. The Morgan fingerprint density at radius 1 is 0.737 bits per heavy atom. The van der Waals surface area contributed by atoms with Crippen LogP contribution < -0.4 is 38.1 Å². The summed E-state index contributed by atoms with van der Waals surface area (Å²) in [5, 5.41) is 14.5. The van der Waals surface area contributed by atoms with Gasteiger partial charge in [0.1, 0.15) is 23.7 Å². The molecule has 5 amide bonds. The molecule has 0 saturated carbocycles. The highest BCUT2D eigenvalue weighted by molar-refractivity contribution is 5.92. The lowest BCUT2D eigenvalue weighted by Gasteiger charge is -2.31. The molecule has 0 saturated heterocycles. The number of aromatic amines is 1. The van der Waals surface area contributed by atoms with E-state index in [1.165, 1.54) is 6.33 Å². The Morgan fingerprint density at radius 3 is 1.82 bits per heavy atom. The Morgan fingerprint density at radius 2 is 1.30 bits per heavy atom. The van der Waals surface area contributed by atoms with Gasteiger partial charge in [-0.25, -0.2) is 9.78 Å². The summed E-state index contributed by atoms with van der Waals surface area (Å²) in [5.74, 6) is -1.64. The number of amides is 5.